The van der Waals surface area contributed by atoms with Gasteiger partial charge in [0, 0.05) is 20.2 Å². The second-order valence-electron chi connectivity index (χ2n) is 4.05. The lowest BCUT2D eigenvalue weighted by Gasteiger charge is -2.27. The Kier molecular flexibility index (Phi) is 6.24. The Morgan fingerprint density at radius 3 is 2.43 bits per heavy atom. The maximum atomic E-state index is 5.50. The number of rotatable bonds is 7. The zero-order chi connectivity index (χ0) is 11.2. The van der Waals surface area contributed by atoms with Gasteiger partial charge < -0.3 is 10.5 Å². The molecule has 2 N–H and O–H groups in total. The van der Waals surface area contributed by atoms with Gasteiger partial charge in [-0.3, -0.25) is 4.90 Å². The van der Waals surface area contributed by atoms with Crippen LogP contribution in [0.2, 0.25) is 0 Å². The Morgan fingerprint density at radius 2 is 2.07 bits per heavy atom. The highest BCUT2D eigenvalue weighted by Gasteiger charge is 2.17. The van der Waals surface area contributed by atoms with E-state index in [0.717, 1.165) is 19.5 Å². The molecule has 84 valence electrons. The zero-order valence-electron chi connectivity index (χ0n) is 9.67. The highest BCUT2D eigenvalue weighted by Crippen LogP contribution is 2.13. The predicted octanol–water partition coefficient (Wildman–Crippen LogP) is 1.41. The average molecular weight is 218 g/mol. The number of likely N-dealkylation sites (N-methyl/N-ethyl adjacent to an activating group) is 1. The molecule has 0 rings (SSSR count). The minimum atomic E-state index is -0.0658. The fourth-order valence-electron chi connectivity index (χ4n) is 1.10. The largest absolute Gasteiger partial charge is 0.392 e. The third-order valence-electron chi connectivity index (χ3n) is 2.41. The van der Waals surface area contributed by atoms with Crippen LogP contribution in [-0.2, 0) is 4.74 Å². The molecular weight excluding hydrogens is 196 g/mol. The topological polar surface area (TPSA) is 38.5 Å². The van der Waals surface area contributed by atoms with Crippen molar-refractivity contribution in [1.29, 1.82) is 0 Å². The van der Waals surface area contributed by atoms with Crippen molar-refractivity contribution in [3.63, 3.8) is 0 Å². The lowest BCUT2D eigenvalue weighted by atomic mass is 10.1. The number of methoxy groups -OCH3 is 1. The number of ether oxygens (including phenoxy) is 1. The third kappa shape index (κ3) is 6.29. The molecule has 0 aliphatic rings. The van der Waals surface area contributed by atoms with Gasteiger partial charge in [0.25, 0.3) is 0 Å². The summed E-state index contributed by atoms with van der Waals surface area (Å²) in [5.41, 5.74) is 5.43. The van der Waals surface area contributed by atoms with Gasteiger partial charge in [0.2, 0.25) is 0 Å². The molecule has 0 bridgehead atoms. The monoisotopic (exact) mass is 218 g/mol. The van der Waals surface area contributed by atoms with E-state index in [9.17, 15) is 0 Å². The van der Waals surface area contributed by atoms with Crippen LogP contribution in [0.1, 0.15) is 27.2 Å². The molecule has 0 aliphatic heterocycles. The van der Waals surface area contributed by atoms with E-state index in [1.165, 1.54) is 0 Å². The molecule has 0 aromatic carbocycles. The highest BCUT2D eigenvalue weighted by molar-refractivity contribution is 7.80. The van der Waals surface area contributed by atoms with Gasteiger partial charge in [-0.15, -0.1) is 0 Å². The van der Waals surface area contributed by atoms with Crippen molar-refractivity contribution in [3.05, 3.63) is 0 Å². The number of hydrogen-bond acceptors (Lipinski definition) is 3. The summed E-state index contributed by atoms with van der Waals surface area (Å²) in [6, 6.07) is 0. The lowest BCUT2D eigenvalue weighted by Crippen LogP contribution is -2.37. The van der Waals surface area contributed by atoms with Gasteiger partial charge in [-0.25, -0.2) is 0 Å². The molecule has 0 radical (unpaired) electrons. The summed E-state index contributed by atoms with van der Waals surface area (Å²) >= 11 is 4.88. The number of hydrogen-bond donors (Lipinski definition) is 1. The molecule has 0 aliphatic carbocycles. The van der Waals surface area contributed by atoms with E-state index in [-0.39, 0.29) is 5.60 Å². The fraction of sp³-hybridized carbons (Fsp3) is 0.900. The SMILES string of the molecule is CCN(CCC(C)(C)OC)CC(N)=S. The first-order chi connectivity index (χ1) is 6.41. The summed E-state index contributed by atoms with van der Waals surface area (Å²) < 4.78 is 5.35. The fourth-order valence-corrected chi connectivity index (χ4v) is 1.28. The number of nitrogens with two attached hydrogens (primary N) is 1. The number of nitrogens with zero attached hydrogens (tertiary/aromatic N) is 1. The van der Waals surface area contributed by atoms with Crippen molar-refractivity contribution >= 4 is 17.2 Å². The summed E-state index contributed by atoms with van der Waals surface area (Å²) in [6.45, 7) is 8.92. The molecule has 0 unspecified atom stereocenters. The van der Waals surface area contributed by atoms with Crippen molar-refractivity contribution in [3.8, 4) is 0 Å². The molecule has 3 nitrogen and oxygen atoms in total. The first-order valence-electron chi connectivity index (χ1n) is 4.97. The Hall–Kier alpha value is -0.190. The Bertz CT molecular complexity index is 183. The van der Waals surface area contributed by atoms with Gasteiger partial charge in [0.15, 0.2) is 0 Å². The van der Waals surface area contributed by atoms with E-state index < -0.39 is 0 Å². The maximum absolute atomic E-state index is 5.50. The molecule has 4 heteroatoms. The van der Waals surface area contributed by atoms with Crippen molar-refractivity contribution < 1.29 is 4.74 Å². The Balaban J connectivity index is 3.89. The van der Waals surface area contributed by atoms with Gasteiger partial charge in [-0.2, -0.15) is 0 Å². The summed E-state index contributed by atoms with van der Waals surface area (Å²) in [5.74, 6) is 0. The first-order valence-corrected chi connectivity index (χ1v) is 5.38. The van der Waals surface area contributed by atoms with Gasteiger partial charge >= 0.3 is 0 Å². The van der Waals surface area contributed by atoms with Crippen LogP contribution in [0, 0.1) is 0 Å². The van der Waals surface area contributed by atoms with E-state index in [2.05, 4.69) is 25.7 Å². The molecule has 0 aromatic heterocycles. The summed E-state index contributed by atoms with van der Waals surface area (Å²) in [6.07, 6.45) is 0.986. The molecule has 0 atom stereocenters. The molecule has 0 aromatic rings. The van der Waals surface area contributed by atoms with Crippen LogP contribution in [-0.4, -0.2) is 42.2 Å². The van der Waals surface area contributed by atoms with Crippen molar-refractivity contribution in [2.75, 3.05) is 26.7 Å². The van der Waals surface area contributed by atoms with Crippen LogP contribution in [0.4, 0.5) is 0 Å². The smallest absolute Gasteiger partial charge is 0.0870 e. The molecule has 0 saturated carbocycles. The summed E-state index contributed by atoms with van der Waals surface area (Å²) in [7, 11) is 1.74. The molecule has 0 fully saturated rings. The first kappa shape index (κ1) is 13.8. The molecule has 0 spiro atoms. The van der Waals surface area contributed by atoms with Crippen LogP contribution in [0.3, 0.4) is 0 Å². The van der Waals surface area contributed by atoms with Crippen molar-refractivity contribution in [2.45, 2.75) is 32.8 Å². The van der Waals surface area contributed by atoms with Crippen LogP contribution < -0.4 is 5.73 Å². The normalized spacial score (nSPS) is 12.1. The zero-order valence-corrected chi connectivity index (χ0v) is 10.5. The average Bonchev–Trinajstić information content (AvgIpc) is 2.12. The third-order valence-corrected chi connectivity index (χ3v) is 2.54. The predicted molar refractivity (Wildman–Crippen MR) is 64.6 cm³/mol. The van der Waals surface area contributed by atoms with Crippen LogP contribution in [0.25, 0.3) is 0 Å². The van der Waals surface area contributed by atoms with Gasteiger partial charge in [0.1, 0.15) is 0 Å². The second-order valence-corrected chi connectivity index (χ2v) is 4.57. The van der Waals surface area contributed by atoms with Gasteiger partial charge in [-0.1, -0.05) is 19.1 Å². The van der Waals surface area contributed by atoms with E-state index in [0.29, 0.717) is 11.5 Å². The Labute approximate surface area is 92.6 Å². The maximum Gasteiger partial charge on any atom is 0.0870 e. The van der Waals surface area contributed by atoms with E-state index in [1.807, 2.05) is 0 Å². The molecular formula is C10H22N2OS. The minimum absolute atomic E-state index is 0.0658. The van der Waals surface area contributed by atoms with E-state index in [4.69, 9.17) is 22.7 Å². The summed E-state index contributed by atoms with van der Waals surface area (Å²) in [4.78, 5) is 2.78. The van der Waals surface area contributed by atoms with E-state index >= 15 is 0 Å². The van der Waals surface area contributed by atoms with Crippen LogP contribution in [0.15, 0.2) is 0 Å². The molecule has 0 heterocycles. The lowest BCUT2D eigenvalue weighted by molar-refractivity contribution is 0.00880. The molecule has 0 saturated heterocycles. The van der Waals surface area contributed by atoms with E-state index in [1.54, 1.807) is 7.11 Å². The quantitative estimate of drug-likeness (QED) is 0.656. The second kappa shape index (κ2) is 6.32. The standard InChI is InChI=1S/C10H22N2OS/c1-5-12(8-9(11)14)7-6-10(2,3)13-4/h5-8H2,1-4H3,(H2,11,14). The highest BCUT2D eigenvalue weighted by atomic mass is 32.1. The molecule has 0 amide bonds. The van der Waals surface area contributed by atoms with Crippen molar-refractivity contribution in [2.24, 2.45) is 5.73 Å². The van der Waals surface area contributed by atoms with Gasteiger partial charge in [0.05, 0.1) is 10.6 Å². The number of thiocarbonyl (C=S) groups is 1. The van der Waals surface area contributed by atoms with Gasteiger partial charge in [-0.05, 0) is 26.8 Å². The van der Waals surface area contributed by atoms with Crippen LogP contribution in [0.5, 0.6) is 0 Å². The minimum Gasteiger partial charge on any atom is -0.392 e. The van der Waals surface area contributed by atoms with Crippen molar-refractivity contribution in [1.82, 2.24) is 4.90 Å². The van der Waals surface area contributed by atoms with Crippen LogP contribution >= 0.6 is 12.2 Å². The Morgan fingerprint density at radius 1 is 1.50 bits per heavy atom. The summed E-state index contributed by atoms with van der Waals surface area (Å²) in [5, 5.41) is 0. The molecule has 14 heavy (non-hydrogen) atoms.